The molecule has 0 amide bonds. The summed E-state index contributed by atoms with van der Waals surface area (Å²) in [6.07, 6.45) is 3.71. The van der Waals surface area contributed by atoms with Crippen LogP contribution in [0.15, 0.2) is 6.07 Å². The van der Waals surface area contributed by atoms with Crippen molar-refractivity contribution in [1.82, 2.24) is 4.98 Å². The van der Waals surface area contributed by atoms with E-state index in [0.717, 1.165) is 32.2 Å². The average Bonchev–Trinajstić information content (AvgIpc) is 2.34. The molecule has 0 radical (unpaired) electrons. The highest BCUT2D eigenvalue weighted by Crippen LogP contribution is 2.33. The number of hydrogen-bond acceptors (Lipinski definition) is 4. The van der Waals surface area contributed by atoms with Gasteiger partial charge in [0.25, 0.3) is 0 Å². The monoisotopic (exact) mass is 303 g/mol. The first-order valence-corrected chi connectivity index (χ1v) is 7.36. The van der Waals surface area contributed by atoms with Crippen LogP contribution in [0.2, 0.25) is 10.0 Å². The standard InChI is InChI=1S/C13H19Cl2N3O/c1-2-6-16-11-9(14)7-10(15)12(18-11)17-8-13(19)4-3-5-13/h7,19H,2-6,8H2,1H3,(H2,16,17,18). The third-order valence-corrected chi connectivity index (χ3v) is 3.92. The fourth-order valence-corrected chi connectivity index (χ4v) is 2.46. The van der Waals surface area contributed by atoms with E-state index in [2.05, 4.69) is 22.5 Å². The molecule has 0 aliphatic heterocycles. The van der Waals surface area contributed by atoms with Crippen molar-refractivity contribution in [1.29, 1.82) is 0 Å². The van der Waals surface area contributed by atoms with Crippen molar-refractivity contribution >= 4 is 34.8 Å². The van der Waals surface area contributed by atoms with Crippen molar-refractivity contribution in [3.63, 3.8) is 0 Å². The van der Waals surface area contributed by atoms with E-state index in [-0.39, 0.29) is 0 Å². The molecule has 0 bridgehead atoms. The number of rotatable bonds is 6. The zero-order valence-corrected chi connectivity index (χ0v) is 12.5. The topological polar surface area (TPSA) is 57.2 Å². The Bertz CT molecular complexity index is 450. The quantitative estimate of drug-likeness (QED) is 0.752. The molecule has 1 saturated carbocycles. The van der Waals surface area contributed by atoms with Gasteiger partial charge in [-0.05, 0) is 31.7 Å². The van der Waals surface area contributed by atoms with Gasteiger partial charge in [-0.1, -0.05) is 30.1 Å². The molecule has 106 valence electrons. The number of aliphatic hydroxyl groups is 1. The van der Waals surface area contributed by atoms with Crippen LogP contribution in [0.4, 0.5) is 11.6 Å². The van der Waals surface area contributed by atoms with Gasteiger partial charge in [0.15, 0.2) is 0 Å². The molecule has 1 aliphatic rings. The van der Waals surface area contributed by atoms with Crippen molar-refractivity contribution in [2.24, 2.45) is 0 Å². The molecular formula is C13H19Cl2N3O. The largest absolute Gasteiger partial charge is 0.388 e. The number of halogens is 2. The molecule has 19 heavy (non-hydrogen) atoms. The number of nitrogens with zero attached hydrogens (tertiary/aromatic N) is 1. The zero-order chi connectivity index (χ0) is 13.9. The van der Waals surface area contributed by atoms with Crippen LogP contribution in [0, 0.1) is 0 Å². The first-order chi connectivity index (χ1) is 9.04. The zero-order valence-electron chi connectivity index (χ0n) is 11.0. The van der Waals surface area contributed by atoms with E-state index in [1.165, 1.54) is 0 Å². The lowest BCUT2D eigenvalue weighted by Crippen LogP contribution is -2.43. The van der Waals surface area contributed by atoms with Crippen molar-refractivity contribution in [3.8, 4) is 0 Å². The normalized spacial score (nSPS) is 16.8. The van der Waals surface area contributed by atoms with Crippen LogP contribution in [0.3, 0.4) is 0 Å². The van der Waals surface area contributed by atoms with Gasteiger partial charge >= 0.3 is 0 Å². The van der Waals surface area contributed by atoms with Crippen LogP contribution in [-0.4, -0.2) is 28.8 Å². The summed E-state index contributed by atoms with van der Waals surface area (Å²) >= 11 is 12.2. The minimum absolute atomic E-state index is 0.467. The predicted octanol–water partition coefficient (Wildman–Crippen LogP) is 3.54. The Morgan fingerprint density at radius 1 is 1.26 bits per heavy atom. The number of hydrogen-bond donors (Lipinski definition) is 3. The summed E-state index contributed by atoms with van der Waals surface area (Å²) in [4.78, 5) is 4.37. The van der Waals surface area contributed by atoms with E-state index < -0.39 is 5.60 Å². The smallest absolute Gasteiger partial charge is 0.147 e. The Hall–Kier alpha value is -0.710. The van der Waals surface area contributed by atoms with E-state index >= 15 is 0 Å². The van der Waals surface area contributed by atoms with Gasteiger partial charge in [-0.2, -0.15) is 0 Å². The first-order valence-electron chi connectivity index (χ1n) is 6.60. The van der Waals surface area contributed by atoms with Gasteiger partial charge in [0, 0.05) is 13.1 Å². The predicted molar refractivity (Wildman–Crippen MR) is 80.3 cm³/mol. The third-order valence-electron chi connectivity index (χ3n) is 3.34. The Labute approximate surface area is 123 Å². The van der Waals surface area contributed by atoms with Crippen molar-refractivity contribution in [2.45, 2.75) is 38.2 Å². The maximum absolute atomic E-state index is 10.1. The average molecular weight is 304 g/mol. The molecule has 1 fully saturated rings. The molecule has 0 aromatic carbocycles. The molecular weight excluding hydrogens is 285 g/mol. The second kappa shape index (κ2) is 6.16. The lowest BCUT2D eigenvalue weighted by molar-refractivity contribution is -0.0202. The summed E-state index contributed by atoms with van der Waals surface area (Å²) in [7, 11) is 0. The molecule has 0 unspecified atom stereocenters. The third kappa shape index (κ3) is 3.65. The lowest BCUT2D eigenvalue weighted by atomic mass is 9.80. The molecule has 1 heterocycles. The highest BCUT2D eigenvalue weighted by atomic mass is 35.5. The molecule has 6 heteroatoms. The van der Waals surface area contributed by atoms with Gasteiger partial charge < -0.3 is 15.7 Å². The van der Waals surface area contributed by atoms with Crippen LogP contribution in [-0.2, 0) is 0 Å². The van der Waals surface area contributed by atoms with Crippen LogP contribution in [0.25, 0.3) is 0 Å². The van der Waals surface area contributed by atoms with E-state index in [1.807, 2.05) is 0 Å². The number of anilines is 2. The van der Waals surface area contributed by atoms with Crippen LogP contribution < -0.4 is 10.6 Å². The Kier molecular flexibility index (Phi) is 4.76. The maximum atomic E-state index is 10.1. The fraction of sp³-hybridized carbons (Fsp3) is 0.615. The molecule has 3 N–H and O–H groups in total. The van der Waals surface area contributed by atoms with Gasteiger partial charge in [0.2, 0.25) is 0 Å². The Balaban J connectivity index is 2.05. The summed E-state index contributed by atoms with van der Waals surface area (Å²) < 4.78 is 0. The molecule has 4 nitrogen and oxygen atoms in total. The Morgan fingerprint density at radius 2 is 1.89 bits per heavy atom. The molecule has 2 rings (SSSR count). The highest BCUT2D eigenvalue weighted by molar-refractivity contribution is 6.37. The SMILES string of the molecule is CCCNc1nc(NCC2(O)CCC2)c(Cl)cc1Cl. The van der Waals surface area contributed by atoms with Crippen LogP contribution >= 0.6 is 23.2 Å². The highest BCUT2D eigenvalue weighted by Gasteiger charge is 2.34. The summed E-state index contributed by atoms with van der Waals surface area (Å²) in [5.41, 5.74) is -0.609. The van der Waals surface area contributed by atoms with E-state index in [4.69, 9.17) is 23.2 Å². The lowest BCUT2D eigenvalue weighted by Gasteiger charge is -2.36. The number of pyridine rings is 1. The molecule has 1 aromatic heterocycles. The molecule has 1 aliphatic carbocycles. The first kappa shape index (κ1) is 14.7. The Morgan fingerprint density at radius 3 is 2.42 bits per heavy atom. The molecule has 0 atom stereocenters. The number of nitrogens with one attached hydrogen (secondary N) is 2. The second-order valence-corrected chi connectivity index (χ2v) is 5.82. The second-order valence-electron chi connectivity index (χ2n) is 5.01. The summed E-state index contributed by atoms with van der Waals surface area (Å²) in [5, 5.41) is 17.3. The molecule has 0 spiro atoms. The van der Waals surface area contributed by atoms with E-state index in [9.17, 15) is 5.11 Å². The fourth-order valence-electron chi connectivity index (χ4n) is 1.97. The van der Waals surface area contributed by atoms with Crippen LogP contribution in [0.1, 0.15) is 32.6 Å². The van der Waals surface area contributed by atoms with E-state index in [1.54, 1.807) is 6.07 Å². The van der Waals surface area contributed by atoms with Gasteiger partial charge in [0.05, 0.1) is 15.6 Å². The van der Waals surface area contributed by atoms with Gasteiger partial charge in [-0.15, -0.1) is 0 Å². The summed E-state index contributed by atoms with van der Waals surface area (Å²) in [5.74, 6) is 1.18. The summed E-state index contributed by atoms with van der Waals surface area (Å²) in [6.45, 7) is 3.34. The van der Waals surface area contributed by atoms with Gasteiger partial charge in [-0.25, -0.2) is 4.98 Å². The minimum Gasteiger partial charge on any atom is -0.388 e. The molecule has 1 aromatic rings. The van der Waals surface area contributed by atoms with Gasteiger partial charge in [-0.3, -0.25) is 0 Å². The molecule has 0 saturated heterocycles. The van der Waals surface area contributed by atoms with Crippen molar-refractivity contribution in [3.05, 3.63) is 16.1 Å². The maximum Gasteiger partial charge on any atom is 0.147 e. The van der Waals surface area contributed by atoms with Crippen molar-refractivity contribution in [2.75, 3.05) is 23.7 Å². The van der Waals surface area contributed by atoms with Crippen molar-refractivity contribution < 1.29 is 5.11 Å². The van der Waals surface area contributed by atoms with Crippen LogP contribution in [0.5, 0.6) is 0 Å². The minimum atomic E-state index is -0.609. The summed E-state index contributed by atoms with van der Waals surface area (Å²) in [6, 6.07) is 1.67. The number of aromatic nitrogens is 1. The van der Waals surface area contributed by atoms with E-state index in [0.29, 0.717) is 28.2 Å². The van der Waals surface area contributed by atoms with Gasteiger partial charge in [0.1, 0.15) is 11.6 Å².